The minimum atomic E-state index is -0.920. The van der Waals surface area contributed by atoms with E-state index in [0.717, 1.165) is 14.6 Å². The maximum Gasteiger partial charge on any atom is 0.307 e. The van der Waals surface area contributed by atoms with Gasteiger partial charge in [-0.15, -0.1) is 11.3 Å². The van der Waals surface area contributed by atoms with E-state index in [1.54, 1.807) is 25.3 Å². The maximum atomic E-state index is 13.0. The Morgan fingerprint density at radius 2 is 1.89 bits per heavy atom. The molecule has 0 aliphatic heterocycles. The number of para-hydroxylation sites is 2. The molecule has 3 N–H and O–H groups in total. The highest BCUT2D eigenvalue weighted by molar-refractivity contribution is 8.01. The quantitative estimate of drug-likeness (QED) is 0.302. The molecule has 2 aromatic carbocycles. The number of benzene rings is 2. The number of hydrogen-bond acceptors (Lipinski definition) is 7. The summed E-state index contributed by atoms with van der Waals surface area (Å²) in [6.07, 6.45) is 4.61. The number of anilines is 2. The van der Waals surface area contributed by atoms with Gasteiger partial charge < -0.3 is 20.5 Å². The van der Waals surface area contributed by atoms with Crippen molar-refractivity contribution in [2.24, 2.45) is 23.7 Å². The fraction of sp³-hybridized carbons (Fsp3) is 0.280. The standard InChI is InChI=1S/C25H23N3O5S2/c1-33-18-5-3-2-4-16(18)27-20(29)12-34-25-28-17-9-8-15(11-19(17)35-25)26-23(30)21-13-6-7-14(10-13)22(21)24(31)32/h2-9,11,13-14,21-22H,10,12H2,1H3,(H,26,30)(H,27,29)(H,31,32)/t13-,14-,21-,22+/m0/s1. The Kier molecular flexibility index (Phi) is 6.48. The Bertz CT molecular complexity index is 1340. The minimum Gasteiger partial charge on any atom is -0.495 e. The van der Waals surface area contributed by atoms with Crippen molar-refractivity contribution in [2.45, 2.75) is 10.8 Å². The van der Waals surface area contributed by atoms with Crippen LogP contribution in [0.5, 0.6) is 5.75 Å². The lowest BCUT2D eigenvalue weighted by Gasteiger charge is -2.23. The third-order valence-corrected chi connectivity index (χ3v) is 8.55. The first-order valence-corrected chi connectivity index (χ1v) is 12.9. The Morgan fingerprint density at radius 3 is 2.66 bits per heavy atom. The van der Waals surface area contributed by atoms with Gasteiger partial charge in [0.25, 0.3) is 0 Å². The van der Waals surface area contributed by atoms with Crippen LogP contribution in [0.15, 0.2) is 59.0 Å². The molecular formula is C25H23N3O5S2. The molecule has 2 aliphatic carbocycles. The van der Waals surface area contributed by atoms with Gasteiger partial charge in [-0.05, 0) is 48.6 Å². The molecule has 3 aromatic rings. The molecule has 35 heavy (non-hydrogen) atoms. The van der Waals surface area contributed by atoms with Crippen LogP contribution in [0.2, 0.25) is 0 Å². The van der Waals surface area contributed by atoms with Gasteiger partial charge in [-0.25, -0.2) is 4.98 Å². The average molecular weight is 510 g/mol. The normalized spacial score (nSPS) is 22.3. The fourth-order valence-electron chi connectivity index (χ4n) is 4.85. The van der Waals surface area contributed by atoms with Crippen LogP contribution in [0.1, 0.15) is 6.42 Å². The van der Waals surface area contributed by atoms with Crippen LogP contribution < -0.4 is 15.4 Å². The lowest BCUT2D eigenvalue weighted by molar-refractivity contribution is -0.146. The summed E-state index contributed by atoms with van der Waals surface area (Å²) in [5.74, 6) is -1.91. The number of nitrogens with zero attached hydrogens (tertiary/aromatic N) is 1. The number of allylic oxidation sites excluding steroid dienone is 2. The summed E-state index contributed by atoms with van der Waals surface area (Å²) in [5, 5.41) is 15.4. The van der Waals surface area contributed by atoms with E-state index in [0.29, 0.717) is 23.5 Å². The Labute approximate surface area is 209 Å². The Hall–Kier alpha value is -3.37. The molecule has 2 aliphatic rings. The molecule has 8 nitrogen and oxygen atoms in total. The Balaban J connectivity index is 1.22. The fourth-order valence-corrected chi connectivity index (χ4v) is 6.75. The SMILES string of the molecule is COc1ccccc1NC(=O)CSc1nc2ccc(NC(=O)[C@@H]3[C@H](C(=O)O)[C@H]4C=C[C@H]3C4)cc2s1. The molecule has 1 saturated carbocycles. The number of fused-ring (bicyclic) bond motifs is 3. The zero-order valence-corrected chi connectivity index (χ0v) is 20.4. The lowest BCUT2D eigenvalue weighted by atomic mass is 9.82. The van der Waals surface area contributed by atoms with Gasteiger partial charge in [0.1, 0.15) is 5.75 Å². The number of aromatic nitrogens is 1. The van der Waals surface area contributed by atoms with E-state index >= 15 is 0 Å². The number of carbonyl (C=O) groups is 3. The van der Waals surface area contributed by atoms with E-state index in [1.165, 1.54) is 23.1 Å². The minimum absolute atomic E-state index is 0.0294. The smallest absolute Gasteiger partial charge is 0.307 e. The van der Waals surface area contributed by atoms with E-state index in [9.17, 15) is 19.5 Å². The molecule has 0 unspecified atom stereocenters. The highest BCUT2D eigenvalue weighted by Gasteiger charge is 2.51. The first kappa shape index (κ1) is 23.4. The van der Waals surface area contributed by atoms with Crippen LogP contribution in [-0.2, 0) is 14.4 Å². The highest BCUT2D eigenvalue weighted by atomic mass is 32.2. The predicted octanol–water partition coefficient (Wildman–Crippen LogP) is 4.50. The van der Waals surface area contributed by atoms with Gasteiger partial charge in [0.15, 0.2) is 4.34 Å². The van der Waals surface area contributed by atoms with Crippen molar-refractivity contribution >= 4 is 62.5 Å². The monoisotopic (exact) mass is 509 g/mol. The summed E-state index contributed by atoms with van der Waals surface area (Å²) in [5.41, 5.74) is 1.99. The zero-order valence-electron chi connectivity index (χ0n) is 18.8. The third kappa shape index (κ3) is 4.76. The number of methoxy groups -OCH3 is 1. The molecule has 180 valence electrons. The number of ether oxygens (including phenoxy) is 1. The van der Waals surface area contributed by atoms with Gasteiger partial charge in [-0.2, -0.15) is 0 Å². The molecule has 5 rings (SSSR count). The second kappa shape index (κ2) is 9.71. The van der Waals surface area contributed by atoms with Crippen LogP contribution in [0.3, 0.4) is 0 Å². The molecule has 0 saturated heterocycles. The molecule has 1 aromatic heterocycles. The van der Waals surface area contributed by atoms with Crippen molar-refractivity contribution in [3.05, 3.63) is 54.6 Å². The molecule has 10 heteroatoms. The molecule has 1 heterocycles. The summed E-state index contributed by atoms with van der Waals surface area (Å²) in [6.45, 7) is 0. The van der Waals surface area contributed by atoms with Gasteiger partial charge in [0.2, 0.25) is 11.8 Å². The number of nitrogens with one attached hydrogen (secondary N) is 2. The van der Waals surface area contributed by atoms with E-state index in [-0.39, 0.29) is 29.4 Å². The van der Waals surface area contributed by atoms with Crippen LogP contribution in [0.25, 0.3) is 10.2 Å². The highest BCUT2D eigenvalue weighted by Crippen LogP contribution is 2.48. The van der Waals surface area contributed by atoms with Crippen LogP contribution in [-0.4, -0.2) is 40.7 Å². The summed E-state index contributed by atoms with van der Waals surface area (Å²) >= 11 is 2.77. The van der Waals surface area contributed by atoms with Crippen LogP contribution in [0, 0.1) is 23.7 Å². The number of hydrogen-bond donors (Lipinski definition) is 3. The molecule has 2 bridgehead atoms. The maximum absolute atomic E-state index is 13.0. The van der Waals surface area contributed by atoms with Crippen molar-refractivity contribution in [1.29, 1.82) is 0 Å². The second-order valence-corrected chi connectivity index (χ2v) is 10.8. The molecule has 0 spiro atoms. The van der Waals surface area contributed by atoms with E-state index in [4.69, 9.17) is 4.74 Å². The number of thioether (sulfide) groups is 1. The summed E-state index contributed by atoms with van der Waals surface area (Å²) in [7, 11) is 1.55. The van der Waals surface area contributed by atoms with Crippen molar-refractivity contribution in [2.75, 3.05) is 23.5 Å². The molecule has 1 fully saturated rings. The lowest BCUT2D eigenvalue weighted by Crippen LogP contribution is -2.36. The van der Waals surface area contributed by atoms with Crippen LogP contribution >= 0.6 is 23.1 Å². The van der Waals surface area contributed by atoms with Crippen LogP contribution in [0.4, 0.5) is 11.4 Å². The number of amides is 2. The summed E-state index contributed by atoms with van der Waals surface area (Å²) in [6, 6.07) is 12.6. The molecule has 4 atom stereocenters. The average Bonchev–Trinajstić information content (AvgIpc) is 3.57. The molecule has 2 amide bonds. The second-order valence-electron chi connectivity index (χ2n) is 8.53. The van der Waals surface area contributed by atoms with Gasteiger partial charge >= 0.3 is 5.97 Å². The van der Waals surface area contributed by atoms with E-state index < -0.39 is 17.8 Å². The van der Waals surface area contributed by atoms with Crippen molar-refractivity contribution in [3.8, 4) is 5.75 Å². The van der Waals surface area contributed by atoms with Crippen molar-refractivity contribution in [3.63, 3.8) is 0 Å². The summed E-state index contributed by atoms with van der Waals surface area (Å²) in [4.78, 5) is 41.6. The number of carboxylic acid groups (broad SMARTS) is 1. The van der Waals surface area contributed by atoms with Crippen molar-refractivity contribution in [1.82, 2.24) is 4.98 Å². The van der Waals surface area contributed by atoms with Crippen molar-refractivity contribution < 1.29 is 24.2 Å². The van der Waals surface area contributed by atoms with Gasteiger partial charge in [0.05, 0.1) is 40.6 Å². The Morgan fingerprint density at radius 1 is 1.11 bits per heavy atom. The zero-order chi connectivity index (χ0) is 24.5. The largest absolute Gasteiger partial charge is 0.495 e. The van der Waals surface area contributed by atoms with Gasteiger partial charge in [-0.1, -0.05) is 36.0 Å². The first-order chi connectivity index (χ1) is 16.9. The third-order valence-electron chi connectivity index (χ3n) is 6.39. The summed E-state index contributed by atoms with van der Waals surface area (Å²) < 4.78 is 6.87. The first-order valence-electron chi connectivity index (χ1n) is 11.1. The van der Waals surface area contributed by atoms with Gasteiger partial charge in [-0.3, -0.25) is 14.4 Å². The predicted molar refractivity (Wildman–Crippen MR) is 136 cm³/mol. The number of carboxylic acids is 1. The number of rotatable bonds is 8. The number of aliphatic carboxylic acids is 1. The van der Waals surface area contributed by atoms with Gasteiger partial charge in [0, 0.05) is 5.69 Å². The molecule has 0 radical (unpaired) electrons. The van der Waals surface area contributed by atoms with E-state index in [1.807, 2.05) is 36.4 Å². The molecular weight excluding hydrogens is 486 g/mol. The number of thiazole rings is 1. The number of carbonyl (C=O) groups excluding carboxylic acids is 2. The van der Waals surface area contributed by atoms with E-state index in [2.05, 4.69) is 15.6 Å². The topological polar surface area (TPSA) is 118 Å².